The third-order valence-corrected chi connectivity index (χ3v) is 10.5. The fourth-order valence-corrected chi connectivity index (χ4v) is 8.44. The van der Waals surface area contributed by atoms with Crippen LogP contribution in [-0.4, -0.2) is 0 Å². The minimum atomic E-state index is 0.869. The lowest BCUT2D eigenvalue weighted by Crippen LogP contribution is -1.90. The summed E-state index contributed by atoms with van der Waals surface area (Å²) in [6.45, 7) is 0. The number of para-hydroxylation sites is 1. The molecule has 0 saturated carbocycles. The van der Waals surface area contributed by atoms with Gasteiger partial charge in [-0.2, -0.15) is 0 Å². The van der Waals surface area contributed by atoms with Gasteiger partial charge in [-0.3, -0.25) is 0 Å². The maximum atomic E-state index is 6.85. The van der Waals surface area contributed by atoms with Gasteiger partial charge >= 0.3 is 0 Å². The van der Waals surface area contributed by atoms with E-state index in [4.69, 9.17) is 13.3 Å². The van der Waals surface area contributed by atoms with Crippen molar-refractivity contribution in [3.8, 4) is 44.5 Å². The first-order chi connectivity index (χ1) is 25.3. The lowest BCUT2D eigenvalue weighted by molar-refractivity contribution is 0.568. The zero-order chi connectivity index (χ0) is 33.5. The van der Waals surface area contributed by atoms with Crippen molar-refractivity contribution in [2.75, 3.05) is 0 Å². The number of hydrogen-bond acceptors (Lipinski definition) is 3. The van der Waals surface area contributed by atoms with Crippen molar-refractivity contribution < 1.29 is 13.3 Å². The van der Waals surface area contributed by atoms with E-state index in [1.54, 1.807) is 12.5 Å². The molecule has 0 saturated heterocycles. The van der Waals surface area contributed by atoms with Crippen LogP contribution in [0.2, 0.25) is 0 Å². The quantitative estimate of drug-likeness (QED) is 0.178. The van der Waals surface area contributed by atoms with Gasteiger partial charge in [0, 0.05) is 44.2 Å². The predicted molar refractivity (Wildman–Crippen MR) is 210 cm³/mol. The highest BCUT2D eigenvalue weighted by molar-refractivity contribution is 6.25. The smallest absolute Gasteiger partial charge is 0.143 e. The highest BCUT2D eigenvalue weighted by atomic mass is 16.3. The average Bonchev–Trinajstić information content (AvgIpc) is 3.98. The lowest BCUT2D eigenvalue weighted by atomic mass is 9.86. The number of rotatable bonds is 4. The van der Waals surface area contributed by atoms with Crippen LogP contribution in [0.3, 0.4) is 0 Å². The molecule has 51 heavy (non-hydrogen) atoms. The molecule has 0 amide bonds. The summed E-state index contributed by atoms with van der Waals surface area (Å²) in [6.07, 6.45) is 7.17. The molecule has 0 atom stereocenters. The van der Waals surface area contributed by atoms with Gasteiger partial charge in [0.2, 0.25) is 0 Å². The summed E-state index contributed by atoms with van der Waals surface area (Å²) in [5.41, 5.74) is 10.9. The van der Waals surface area contributed by atoms with Crippen LogP contribution < -0.4 is 0 Å². The van der Waals surface area contributed by atoms with Crippen molar-refractivity contribution >= 4 is 65.0 Å². The molecule has 3 nitrogen and oxygen atoms in total. The number of furan rings is 3. The van der Waals surface area contributed by atoms with Gasteiger partial charge < -0.3 is 13.3 Å². The number of hydrogen-bond donors (Lipinski definition) is 0. The third-order valence-electron chi connectivity index (χ3n) is 10.5. The van der Waals surface area contributed by atoms with E-state index in [-0.39, 0.29) is 0 Å². The second-order valence-corrected chi connectivity index (χ2v) is 13.2. The van der Waals surface area contributed by atoms with Crippen LogP contribution in [0.1, 0.15) is 0 Å². The molecule has 3 heteroatoms. The van der Waals surface area contributed by atoms with Gasteiger partial charge in [-0.05, 0) is 78.5 Å². The van der Waals surface area contributed by atoms with E-state index < -0.39 is 0 Å². The van der Waals surface area contributed by atoms with Gasteiger partial charge in [-0.1, -0.05) is 121 Å². The molecule has 0 spiro atoms. The van der Waals surface area contributed by atoms with E-state index in [0.29, 0.717) is 0 Å². The minimum Gasteiger partial charge on any atom is -0.472 e. The Morgan fingerprint density at radius 2 is 0.745 bits per heavy atom. The summed E-state index contributed by atoms with van der Waals surface area (Å²) in [7, 11) is 0. The van der Waals surface area contributed by atoms with Crippen molar-refractivity contribution in [3.05, 3.63) is 171 Å². The van der Waals surface area contributed by atoms with E-state index >= 15 is 0 Å². The fraction of sp³-hybridized carbons (Fsp3) is 0. The van der Waals surface area contributed by atoms with E-state index in [1.165, 1.54) is 65.3 Å². The summed E-state index contributed by atoms with van der Waals surface area (Å²) in [5.74, 6) is 0. The van der Waals surface area contributed by atoms with Gasteiger partial charge in [0.1, 0.15) is 11.2 Å². The first-order valence-corrected chi connectivity index (χ1v) is 17.2. The van der Waals surface area contributed by atoms with E-state index in [0.717, 1.165) is 44.2 Å². The van der Waals surface area contributed by atoms with Gasteiger partial charge in [-0.15, -0.1) is 0 Å². The Labute approximate surface area is 292 Å². The zero-order valence-electron chi connectivity index (χ0n) is 27.4. The second kappa shape index (κ2) is 10.8. The Kier molecular flexibility index (Phi) is 5.96. The molecule has 0 bridgehead atoms. The van der Waals surface area contributed by atoms with Crippen LogP contribution >= 0.6 is 0 Å². The monoisotopic (exact) mass is 652 g/mol. The van der Waals surface area contributed by atoms with Crippen molar-refractivity contribution in [2.45, 2.75) is 0 Å². The molecule has 0 aliphatic heterocycles. The SMILES string of the molecule is c1ccc2c(-c3ccc4oc5c(-c6c7ccccc7c(-c7ccoc7)c7ccccc67)cccc5c4c3)c3ccccc3c(-c3ccoc3)c2c1. The van der Waals surface area contributed by atoms with E-state index in [1.807, 2.05) is 24.7 Å². The highest BCUT2D eigenvalue weighted by Gasteiger charge is 2.22. The topological polar surface area (TPSA) is 39.4 Å². The standard InChI is InChI=1S/C48H28O3/c1-3-12-34-32(10-1)44(33-11-2-4-13-35(33)45(34)30-22-24-49-27-30)29-20-21-43-42(26-29)40-18-9-19-41(48(40)51-43)47-38-16-7-5-14-36(38)46(31-23-25-50-28-31)37-15-6-8-17-39(37)47/h1-28H. The highest BCUT2D eigenvalue weighted by Crippen LogP contribution is 2.48. The van der Waals surface area contributed by atoms with Crippen molar-refractivity contribution in [2.24, 2.45) is 0 Å². The normalized spacial score (nSPS) is 11.9. The molecule has 0 unspecified atom stereocenters. The summed E-state index contributed by atoms with van der Waals surface area (Å²) in [5, 5.41) is 11.7. The Balaban J connectivity index is 1.19. The van der Waals surface area contributed by atoms with E-state index in [2.05, 4.69) is 133 Å². The van der Waals surface area contributed by atoms with Crippen molar-refractivity contribution in [3.63, 3.8) is 0 Å². The van der Waals surface area contributed by atoms with E-state index in [9.17, 15) is 0 Å². The number of benzene rings is 8. The molecule has 11 aromatic rings. The van der Waals surface area contributed by atoms with Crippen LogP contribution in [0, 0.1) is 0 Å². The minimum absolute atomic E-state index is 0.869. The summed E-state index contributed by atoms with van der Waals surface area (Å²) >= 11 is 0. The van der Waals surface area contributed by atoms with Crippen molar-refractivity contribution in [1.82, 2.24) is 0 Å². The van der Waals surface area contributed by atoms with Gasteiger partial charge in [0.05, 0.1) is 25.1 Å². The molecule has 0 aliphatic carbocycles. The van der Waals surface area contributed by atoms with Crippen LogP contribution in [0.5, 0.6) is 0 Å². The molecule has 0 radical (unpaired) electrons. The maximum Gasteiger partial charge on any atom is 0.143 e. The van der Waals surface area contributed by atoms with Crippen LogP contribution in [-0.2, 0) is 0 Å². The zero-order valence-corrected chi connectivity index (χ0v) is 27.4. The molecule has 0 N–H and O–H groups in total. The predicted octanol–water partition coefficient (Wildman–Crippen LogP) is 14.1. The fourth-order valence-electron chi connectivity index (χ4n) is 8.44. The Bertz CT molecular complexity index is 3010. The summed E-state index contributed by atoms with van der Waals surface area (Å²) in [6, 6.07) is 52.1. The van der Waals surface area contributed by atoms with Crippen LogP contribution in [0.4, 0.5) is 0 Å². The molecule has 8 aromatic carbocycles. The molecule has 3 heterocycles. The molecule has 3 aromatic heterocycles. The van der Waals surface area contributed by atoms with Crippen molar-refractivity contribution in [1.29, 1.82) is 0 Å². The first kappa shape index (κ1) is 28.0. The summed E-state index contributed by atoms with van der Waals surface area (Å²) < 4.78 is 18.0. The molecule has 0 aliphatic rings. The molecule has 238 valence electrons. The number of fused-ring (bicyclic) bond motifs is 7. The molecular weight excluding hydrogens is 625 g/mol. The van der Waals surface area contributed by atoms with Crippen LogP contribution in [0.25, 0.3) is 110 Å². The average molecular weight is 653 g/mol. The Hall–Kier alpha value is -6.84. The van der Waals surface area contributed by atoms with Crippen LogP contribution in [0.15, 0.2) is 184 Å². The second-order valence-electron chi connectivity index (χ2n) is 13.2. The molecular formula is C48H28O3. The molecule has 0 fully saturated rings. The van der Waals surface area contributed by atoms with Gasteiger partial charge in [0.25, 0.3) is 0 Å². The van der Waals surface area contributed by atoms with Gasteiger partial charge in [0.15, 0.2) is 0 Å². The Morgan fingerprint density at radius 1 is 0.314 bits per heavy atom. The Morgan fingerprint density at radius 3 is 1.20 bits per heavy atom. The third kappa shape index (κ3) is 4.06. The molecule has 11 rings (SSSR count). The summed E-state index contributed by atoms with van der Waals surface area (Å²) in [4.78, 5) is 0. The lowest BCUT2D eigenvalue weighted by Gasteiger charge is -2.17. The largest absolute Gasteiger partial charge is 0.472 e. The van der Waals surface area contributed by atoms with Gasteiger partial charge in [-0.25, -0.2) is 0 Å². The first-order valence-electron chi connectivity index (χ1n) is 17.2. The maximum absolute atomic E-state index is 6.85.